The number of piperidine rings is 1. The minimum atomic E-state index is -0.373. The molecule has 2 saturated heterocycles. The van der Waals surface area contributed by atoms with Gasteiger partial charge in [-0.1, -0.05) is 30.9 Å². The molecule has 0 aromatic carbocycles. The van der Waals surface area contributed by atoms with Crippen molar-refractivity contribution in [2.75, 3.05) is 24.6 Å². The van der Waals surface area contributed by atoms with E-state index in [2.05, 4.69) is 6.07 Å². The van der Waals surface area contributed by atoms with E-state index in [0.29, 0.717) is 71.0 Å². The number of carbonyl (C=O) groups is 2. The van der Waals surface area contributed by atoms with Gasteiger partial charge in [0.15, 0.2) is 0 Å². The summed E-state index contributed by atoms with van der Waals surface area (Å²) in [6, 6.07) is 5.59. The molecule has 2 aliphatic rings. The van der Waals surface area contributed by atoms with Crippen LogP contribution in [0.25, 0.3) is 6.08 Å². The average Bonchev–Trinajstić information content (AvgIpc) is 3.51. The first-order valence-corrected chi connectivity index (χ1v) is 13.9. The highest BCUT2D eigenvalue weighted by atomic mass is 32.2. The van der Waals surface area contributed by atoms with Crippen LogP contribution in [0.2, 0.25) is 0 Å². The maximum Gasteiger partial charge on any atom is 0.310 e. The summed E-state index contributed by atoms with van der Waals surface area (Å²) in [6.45, 7) is 7.38. The molecule has 0 aliphatic carbocycles. The first-order valence-electron chi connectivity index (χ1n) is 12.7. The van der Waals surface area contributed by atoms with Gasteiger partial charge in [-0.2, -0.15) is 5.26 Å². The largest absolute Gasteiger partial charge is 0.467 e. The molecule has 0 bridgehead atoms. The van der Waals surface area contributed by atoms with Gasteiger partial charge in [0.1, 0.15) is 27.5 Å². The molecule has 2 aliphatic heterocycles. The van der Waals surface area contributed by atoms with Crippen LogP contribution in [0.4, 0.5) is 5.82 Å². The normalized spacial score (nSPS) is 18.8. The summed E-state index contributed by atoms with van der Waals surface area (Å²) in [7, 11) is 0. The summed E-state index contributed by atoms with van der Waals surface area (Å²) in [5, 5.41) is 9.86. The van der Waals surface area contributed by atoms with Gasteiger partial charge in [-0.25, -0.2) is 0 Å². The molecule has 4 heterocycles. The lowest BCUT2D eigenvalue weighted by Crippen LogP contribution is -2.43. The summed E-state index contributed by atoms with van der Waals surface area (Å²) >= 11 is 6.67. The molecule has 2 aromatic heterocycles. The Morgan fingerprint density at radius 2 is 2.16 bits per heavy atom. The van der Waals surface area contributed by atoms with Gasteiger partial charge in [0, 0.05) is 25.2 Å². The maximum absolute atomic E-state index is 13.4. The highest BCUT2D eigenvalue weighted by Crippen LogP contribution is 2.37. The summed E-state index contributed by atoms with van der Waals surface area (Å²) in [4.78, 5) is 43.3. The number of nitriles is 1. The Kier molecular flexibility index (Phi) is 8.74. The van der Waals surface area contributed by atoms with Crippen molar-refractivity contribution >= 4 is 52.1 Å². The van der Waals surface area contributed by atoms with Gasteiger partial charge in [-0.3, -0.25) is 23.9 Å². The molecule has 9 nitrogen and oxygen atoms in total. The van der Waals surface area contributed by atoms with Crippen molar-refractivity contribution in [2.45, 2.75) is 53.1 Å². The van der Waals surface area contributed by atoms with Crippen LogP contribution in [0, 0.1) is 24.2 Å². The second kappa shape index (κ2) is 12.0. The minimum absolute atomic E-state index is 0.0402. The summed E-state index contributed by atoms with van der Waals surface area (Å²) in [5.41, 5.74) is 0.771. The number of pyridine rings is 1. The second-order valence-corrected chi connectivity index (χ2v) is 10.9. The van der Waals surface area contributed by atoms with Crippen LogP contribution in [-0.4, -0.2) is 45.4 Å². The number of thioether (sulfide) groups is 1. The van der Waals surface area contributed by atoms with Crippen LogP contribution in [0.3, 0.4) is 0 Å². The van der Waals surface area contributed by atoms with Crippen molar-refractivity contribution in [3.8, 4) is 6.07 Å². The molecular weight excluding hydrogens is 524 g/mol. The first kappa shape index (κ1) is 27.7. The fraction of sp³-hybridized carbons (Fsp3) is 0.444. The fourth-order valence-corrected chi connectivity index (χ4v) is 6.10. The molecule has 200 valence electrons. The Balaban J connectivity index is 1.82. The minimum Gasteiger partial charge on any atom is -0.467 e. The predicted octanol–water partition coefficient (Wildman–Crippen LogP) is 4.21. The number of hydrogen-bond acceptors (Lipinski definition) is 9. The van der Waals surface area contributed by atoms with E-state index in [4.69, 9.17) is 21.4 Å². The van der Waals surface area contributed by atoms with Gasteiger partial charge in [-0.05, 0) is 56.9 Å². The molecular formula is C27H30N4O5S2. The SMILES string of the molecule is CCCn1c(N2CCCC(C(=O)OCC)C2)c(C=C2SC(=S)N(Cc3ccco3)C2=O)c(C)c(C#N)c1=O. The average molecular weight is 555 g/mol. The van der Waals surface area contributed by atoms with Crippen LogP contribution >= 0.6 is 24.0 Å². The second-order valence-electron chi connectivity index (χ2n) is 9.19. The Hall–Kier alpha value is -3.36. The molecule has 0 spiro atoms. The predicted molar refractivity (Wildman–Crippen MR) is 149 cm³/mol. The quantitative estimate of drug-likeness (QED) is 0.269. The third kappa shape index (κ3) is 5.42. The zero-order chi connectivity index (χ0) is 27.4. The molecule has 0 N–H and O–H groups in total. The van der Waals surface area contributed by atoms with E-state index < -0.39 is 0 Å². The van der Waals surface area contributed by atoms with Gasteiger partial charge in [0.25, 0.3) is 11.5 Å². The van der Waals surface area contributed by atoms with Gasteiger partial charge >= 0.3 is 5.97 Å². The van der Waals surface area contributed by atoms with Gasteiger partial charge in [0.05, 0.1) is 30.2 Å². The number of aromatic nitrogens is 1. The first-order chi connectivity index (χ1) is 18.3. The number of amides is 1. The molecule has 2 aromatic rings. The summed E-state index contributed by atoms with van der Waals surface area (Å²) in [6.07, 6.45) is 5.38. The van der Waals surface area contributed by atoms with Crippen LogP contribution in [0.5, 0.6) is 0 Å². The Morgan fingerprint density at radius 3 is 2.82 bits per heavy atom. The summed E-state index contributed by atoms with van der Waals surface area (Å²) in [5.74, 6) is 0.368. The standard InChI is InChI=1S/C27H30N4O5S2/c1-4-10-30-23(29-11-6-8-18(15-29)26(34)35-5-2)20(17(3)21(14-28)24(30)32)13-22-25(33)31(27(37)38-22)16-19-9-7-12-36-19/h7,9,12-13,18H,4-6,8,10-11,15-16H2,1-3H3. The summed E-state index contributed by atoms with van der Waals surface area (Å²) < 4.78 is 12.7. The van der Waals surface area contributed by atoms with Crippen molar-refractivity contribution in [3.05, 3.63) is 56.1 Å². The van der Waals surface area contributed by atoms with Crippen LogP contribution < -0.4 is 10.5 Å². The number of furan rings is 1. The lowest BCUT2D eigenvalue weighted by atomic mass is 9.96. The van der Waals surface area contributed by atoms with E-state index in [-0.39, 0.29) is 35.5 Å². The van der Waals surface area contributed by atoms with Crippen LogP contribution in [-0.2, 0) is 27.4 Å². The molecule has 2 fully saturated rings. The third-order valence-corrected chi connectivity index (χ3v) is 8.06. The van der Waals surface area contributed by atoms with E-state index in [1.165, 1.54) is 16.7 Å². The number of esters is 1. The monoisotopic (exact) mass is 554 g/mol. The van der Waals surface area contributed by atoms with Crippen molar-refractivity contribution in [2.24, 2.45) is 5.92 Å². The Bertz CT molecular complexity index is 1370. The highest BCUT2D eigenvalue weighted by molar-refractivity contribution is 8.26. The number of thiocarbonyl (C=S) groups is 1. The molecule has 0 saturated carbocycles. The number of rotatable bonds is 8. The van der Waals surface area contributed by atoms with Gasteiger partial charge in [-0.15, -0.1) is 0 Å². The van der Waals surface area contributed by atoms with Gasteiger partial charge in [0.2, 0.25) is 0 Å². The highest BCUT2D eigenvalue weighted by Gasteiger charge is 2.35. The topological polar surface area (TPSA) is 109 Å². The van der Waals surface area contributed by atoms with E-state index in [1.807, 2.05) is 11.8 Å². The zero-order valence-electron chi connectivity index (χ0n) is 21.7. The maximum atomic E-state index is 13.4. The smallest absolute Gasteiger partial charge is 0.310 e. The van der Waals surface area contributed by atoms with Crippen molar-refractivity contribution < 1.29 is 18.7 Å². The molecule has 1 amide bonds. The molecule has 1 atom stereocenters. The van der Waals surface area contributed by atoms with E-state index in [0.717, 1.165) is 6.42 Å². The van der Waals surface area contributed by atoms with Crippen molar-refractivity contribution in [3.63, 3.8) is 0 Å². The van der Waals surface area contributed by atoms with Crippen molar-refractivity contribution in [1.82, 2.24) is 9.47 Å². The fourth-order valence-electron chi connectivity index (χ4n) is 4.86. The number of carbonyl (C=O) groups excluding carboxylic acids is 2. The molecule has 38 heavy (non-hydrogen) atoms. The number of hydrogen-bond donors (Lipinski definition) is 0. The van der Waals surface area contributed by atoms with Crippen LogP contribution in [0.15, 0.2) is 32.5 Å². The number of nitrogens with zero attached hydrogens (tertiary/aromatic N) is 4. The van der Waals surface area contributed by atoms with E-state index in [9.17, 15) is 19.6 Å². The molecule has 0 radical (unpaired) electrons. The Morgan fingerprint density at radius 1 is 1.37 bits per heavy atom. The van der Waals surface area contributed by atoms with E-state index >= 15 is 0 Å². The lowest BCUT2D eigenvalue weighted by molar-refractivity contribution is -0.148. The number of anilines is 1. The molecule has 11 heteroatoms. The molecule has 1 unspecified atom stereocenters. The Labute approximate surface area is 231 Å². The third-order valence-electron chi connectivity index (χ3n) is 6.68. The number of ether oxygens (including phenoxy) is 1. The molecule has 4 rings (SSSR count). The van der Waals surface area contributed by atoms with Crippen LogP contribution in [0.1, 0.15) is 55.6 Å². The van der Waals surface area contributed by atoms with Crippen molar-refractivity contribution in [1.29, 1.82) is 5.26 Å². The zero-order valence-corrected chi connectivity index (χ0v) is 23.3. The van der Waals surface area contributed by atoms with E-state index in [1.54, 1.807) is 42.9 Å². The lowest BCUT2D eigenvalue weighted by Gasteiger charge is -2.36. The van der Waals surface area contributed by atoms with Gasteiger partial charge < -0.3 is 14.1 Å².